The van der Waals surface area contributed by atoms with Gasteiger partial charge in [0.15, 0.2) is 17.1 Å². The van der Waals surface area contributed by atoms with Gasteiger partial charge in [0.2, 0.25) is 5.91 Å². The first-order chi connectivity index (χ1) is 17.4. The third kappa shape index (κ3) is 2.51. The summed E-state index contributed by atoms with van der Waals surface area (Å²) in [6.07, 6.45) is 2.04. The number of ether oxygens (including phenoxy) is 1. The number of hydrogen-bond acceptors (Lipinski definition) is 7. The van der Waals surface area contributed by atoms with Gasteiger partial charge in [0, 0.05) is 12.7 Å². The molecule has 1 fully saturated rings. The fourth-order valence-corrected chi connectivity index (χ4v) is 5.43. The molecule has 1 saturated carbocycles. The number of amides is 2. The van der Waals surface area contributed by atoms with Crippen molar-refractivity contribution in [1.29, 1.82) is 0 Å². The van der Waals surface area contributed by atoms with Crippen LogP contribution in [0.15, 0.2) is 36.5 Å². The van der Waals surface area contributed by atoms with Gasteiger partial charge in [-0.2, -0.15) is 5.10 Å². The first-order valence-electron chi connectivity index (χ1n) is 11.2. The molecule has 4 aromatic rings. The van der Waals surface area contributed by atoms with E-state index in [1.54, 1.807) is 18.2 Å². The molecule has 0 radical (unpaired) electrons. The van der Waals surface area contributed by atoms with Crippen LogP contribution in [-0.2, 0) is 26.5 Å². The second kappa shape index (κ2) is 6.88. The molecule has 7 rings (SSSR count). The summed E-state index contributed by atoms with van der Waals surface area (Å²) in [4.78, 5) is 39.4. The average Bonchev–Trinajstić information content (AvgIpc) is 3.51. The van der Waals surface area contributed by atoms with Crippen molar-refractivity contribution in [2.24, 2.45) is 5.41 Å². The largest absolute Gasteiger partial charge is 0.362 e. The number of rotatable bonds is 4. The molecule has 1 atom stereocenters. The Labute approximate surface area is 201 Å². The Morgan fingerprint density at radius 2 is 1.81 bits per heavy atom. The first-order valence-corrected chi connectivity index (χ1v) is 11.2. The van der Waals surface area contributed by atoms with Crippen LogP contribution < -0.4 is 10.6 Å². The molecule has 12 heteroatoms. The second-order valence-corrected chi connectivity index (χ2v) is 9.12. The Hall–Kier alpha value is -4.32. The fraction of sp³-hybridized carbons (Fsp3) is 0.250. The molecule has 0 bridgehead atoms. The maximum absolute atomic E-state index is 14.3. The van der Waals surface area contributed by atoms with Crippen LogP contribution in [0.25, 0.3) is 22.6 Å². The Morgan fingerprint density at radius 3 is 2.50 bits per heavy atom. The molecular formula is C24H17F2N7O3. The van der Waals surface area contributed by atoms with Crippen molar-refractivity contribution in [3.05, 3.63) is 59.3 Å². The highest BCUT2D eigenvalue weighted by molar-refractivity contribution is 6.16. The third-order valence-corrected chi connectivity index (χ3v) is 7.25. The average molecular weight is 489 g/mol. The van der Waals surface area contributed by atoms with E-state index in [1.807, 2.05) is 0 Å². The highest BCUT2D eigenvalue weighted by atomic mass is 19.1. The summed E-state index contributed by atoms with van der Waals surface area (Å²) in [6, 6.07) is 7.47. The quantitative estimate of drug-likeness (QED) is 0.452. The summed E-state index contributed by atoms with van der Waals surface area (Å²) >= 11 is 0. The monoisotopic (exact) mass is 489 g/mol. The topological polar surface area (TPSA) is 124 Å². The summed E-state index contributed by atoms with van der Waals surface area (Å²) in [5.41, 5.74) is -1.32. The van der Waals surface area contributed by atoms with Gasteiger partial charge in [0.25, 0.3) is 5.91 Å². The molecule has 180 valence electrons. The number of nitrogens with zero attached hydrogens (tertiary/aromatic N) is 5. The lowest BCUT2D eigenvalue weighted by molar-refractivity contribution is -0.156. The van der Waals surface area contributed by atoms with Gasteiger partial charge < -0.3 is 15.4 Å². The summed E-state index contributed by atoms with van der Waals surface area (Å²) in [7, 11) is 1.39. The molecule has 0 saturated heterocycles. The molecule has 2 aliphatic heterocycles. The van der Waals surface area contributed by atoms with Gasteiger partial charge in [-0.15, -0.1) is 0 Å². The van der Waals surface area contributed by atoms with Crippen molar-refractivity contribution in [2.75, 3.05) is 17.7 Å². The summed E-state index contributed by atoms with van der Waals surface area (Å²) in [5.74, 6) is -1.51. The maximum Gasteiger partial charge on any atom is 0.263 e. The summed E-state index contributed by atoms with van der Waals surface area (Å²) in [6.45, 7) is 0.0301. The summed E-state index contributed by atoms with van der Waals surface area (Å²) < 4.78 is 35.7. The van der Waals surface area contributed by atoms with E-state index in [1.165, 1.54) is 23.9 Å². The van der Waals surface area contributed by atoms with E-state index in [4.69, 9.17) is 4.74 Å². The van der Waals surface area contributed by atoms with Crippen molar-refractivity contribution in [2.45, 2.75) is 25.0 Å². The van der Waals surface area contributed by atoms with E-state index in [9.17, 15) is 18.4 Å². The Kier molecular flexibility index (Phi) is 4.01. The van der Waals surface area contributed by atoms with Crippen molar-refractivity contribution in [3.63, 3.8) is 0 Å². The molecule has 5 heterocycles. The van der Waals surface area contributed by atoms with Crippen LogP contribution >= 0.6 is 0 Å². The highest BCUT2D eigenvalue weighted by Crippen LogP contribution is 2.66. The van der Waals surface area contributed by atoms with Crippen LogP contribution in [0.3, 0.4) is 0 Å². The number of halogens is 2. The van der Waals surface area contributed by atoms with Crippen molar-refractivity contribution in [1.82, 2.24) is 24.7 Å². The minimum atomic E-state index is -1.52. The van der Waals surface area contributed by atoms with Gasteiger partial charge in [-0.3, -0.25) is 9.59 Å². The third-order valence-electron chi connectivity index (χ3n) is 7.25. The van der Waals surface area contributed by atoms with Crippen LogP contribution in [0.5, 0.6) is 0 Å². The molecule has 3 aromatic heterocycles. The molecule has 1 aliphatic carbocycles. The zero-order valence-corrected chi connectivity index (χ0v) is 18.8. The molecular weight excluding hydrogens is 472 g/mol. The standard InChI is InChI=1S/C24H17F2N7O3/c1-36-24-15-17(30-21(34)23(24)6-7-23)28-19(29-18(15)31-22(24)35)16-13-8-12(25)9-27-20(13)33(32-16)10-11-4-2-3-5-14(11)26/h2-5,8-9H,6-7,10H2,1H3,(H2,28,29,30,31,34,35). The SMILES string of the molecule is COC12C(=O)Nc3nc(-c4nn(Cc5ccccc5F)c5ncc(F)cc45)nc(c31)NC(=O)C21CC1. The van der Waals surface area contributed by atoms with E-state index < -0.39 is 28.6 Å². The Bertz CT molecular complexity index is 1650. The molecule has 2 amide bonds. The molecule has 10 nitrogen and oxygen atoms in total. The number of nitrogens with one attached hydrogen (secondary N) is 2. The van der Waals surface area contributed by atoms with Gasteiger partial charge in [-0.25, -0.2) is 28.4 Å². The lowest BCUT2D eigenvalue weighted by Gasteiger charge is -2.37. The van der Waals surface area contributed by atoms with Crippen molar-refractivity contribution < 1.29 is 23.1 Å². The van der Waals surface area contributed by atoms with E-state index in [0.717, 1.165) is 6.20 Å². The molecule has 1 aromatic carbocycles. The van der Waals surface area contributed by atoms with Gasteiger partial charge in [0.05, 0.1) is 29.1 Å². The minimum absolute atomic E-state index is 0.0301. The zero-order chi connectivity index (χ0) is 24.8. The molecule has 1 unspecified atom stereocenters. The maximum atomic E-state index is 14.3. The van der Waals surface area contributed by atoms with Gasteiger partial charge >= 0.3 is 0 Å². The Morgan fingerprint density at radius 1 is 1.08 bits per heavy atom. The number of anilines is 2. The zero-order valence-electron chi connectivity index (χ0n) is 18.8. The second-order valence-electron chi connectivity index (χ2n) is 9.12. The van der Waals surface area contributed by atoms with E-state index >= 15 is 0 Å². The van der Waals surface area contributed by atoms with Crippen LogP contribution in [0.2, 0.25) is 0 Å². The predicted molar refractivity (Wildman–Crippen MR) is 122 cm³/mol. The predicted octanol–water partition coefficient (Wildman–Crippen LogP) is 2.74. The Balaban J connectivity index is 1.42. The number of carbonyl (C=O) groups excluding carboxylic acids is 2. The van der Waals surface area contributed by atoms with Gasteiger partial charge in [0.1, 0.15) is 29.0 Å². The minimum Gasteiger partial charge on any atom is -0.362 e. The fourth-order valence-electron chi connectivity index (χ4n) is 5.43. The van der Waals surface area contributed by atoms with Crippen LogP contribution in [-0.4, -0.2) is 43.7 Å². The van der Waals surface area contributed by atoms with Crippen LogP contribution in [0, 0.1) is 17.0 Å². The van der Waals surface area contributed by atoms with E-state index in [2.05, 4.69) is 30.7 Å². The lowest BCUT2D eigenvalue weighted by Crippen LogP contribution is -2.53. The van der Waals surface area contributed by atoms with Gasteiger partial charge in [-0.05, 0) is 25.0 Å². The molecule has 3 aliphatic rings. The molecule has 36 heavy (non-hydrogen) atoms. The lowest BCUT2D eigenvalue weighted by atomic mass is 9.76. The number of benzene rings is 1. The van der Waals surface area contributed by atoms with Crippen LogP contribution in [0.4, 0.5) is 20.4 Å². The number of hydrogen-bond donors (Lipinski definition) is 2. The number of aromatic nitrogens is 5. The molecule has 1 spiro atoms. The van der Waals surface area contributed by atoms with Crippen molar-refractivity contribution in [3.8, 4) is 11.5 Å². The summed E-state index contributed by atoms with van der Waals surface area (Å²) in [5, 5.41) is 10.3. The number of carbonyl (C=O) groups is 2. The van der Waals surface area contributed by atoms with E-state index in [-0.39, 0.29) is 35.6 Å². The number of fused-ring (bicyclic) bond motifs is 2. The van der Waals surface area contributed by atoms with Crippen molar-refractivity contribution >= 4 is 34.5 Å². The smallest absolute Gasteiger partial charge is 0.263 e. The normalized spacial score (nSPS) is 21.0. The van der Waals surface area contributed by atoms with E-state index in [0.29, 0.717) is 35.0 Å². The number of methoxy groups -OCH3 is 1. The number of pyridine rings is 1. The first kappa shape index (κ1) is 21.0. The van der Waals surface area contributed by atoms with Gasteiger partial charge in [-0.1, -0.05) is 18.2 Å². The van der Waals surface area contributed by atoms with Crippen LogP contribution in [0.1, 0.15) is 24.0 Å². The molecule has 2 N–H and O–H groups in total. The highest BCUT2D eigenvalue weighted by Gasteiger charge is 2.75.